The number of amides is 1. The van der Waals surface area contributed by atoms with Gasteiger partial charge in [0.25, 0.3) is 0 Å². The van der Waals surface area contributed by atoms with Crippen molar-refractivity contribution in [2.24, 2.45) is 0 Å². The molecule has 0 saturated carbocycles. The van der Waals surface area contributed by atoms with Gasteiger partial charge < -0.3 is 10.1 Å². The predicted molar refractivity (Wildman–Crippen MR) is 72.3 cm³/mol. The largest absolute Gasteiger partial charge is 0.457 e. The molecule has 0 aliphatic rings. The quantitative estimate of drug-likeness (QED) is 0.865. The number of anilines is 1. The van der Waals surface area contributed by atoms with Crippen molar-refractivity contribution in [1.29, 1.82) is 0 Å². The molecule has 2 rings (SSSR count). The van der Waals surface area contributed by atoms with Gasteiger partial charge in [-0.05, 0) is 48.5 Å². The Bertz CT molecular complexity index is 555. The molecule has 0 bridgehead atoms. The smallest absolute Gasteiger partial charge is 0.239 e. The molecule has 98 valence electrons. The number of benzene rings is 2. The molecule has 0 aliphatic heterocycles. The highest BCUT2D eigenvalue weighted by atomic mass is 35.5. The fourth-order valence-electron chi connectivity index (χ4n) is 1.44. The van der Waals surface area contributed by atoms with Crippen LogP contribution in [0.1, 0.15) is 0 Å². The van der Waals surface area contributed by atoms with Crippen LogP contribution in [0.25, 0.3) is 0 Å². The zero-order valence-electron chi connectivity index (χ0n) is 9.90. The topological polar surface area (TPSA) is 38.3 Å². The maximum absolute atomic E-state index is 12.7. The lowest BCUT2D eigenvalue weighted by Gasteiger charge is -2.07. The molecule has 2 aromatic carbocycles. The van der Waals surface area contributed by atoms with E-state index in [1.807, 2.05) is 0 Å². The van der Waals surface area contributed by atoms with Gasteiger partial charge in [0, 0.05) is 5.69 Å². The second-order valence-corrected chi connectivity index (χ2v) is 4.03. The Morgan fingerprint density at radius 2 is 1.58 bits per heavy atom. The first-order valence-corrected chi connectivity index (χ1v) is 6.10. The van der Waals surface area contributed by atoms with Gasteiger partial charge in [-0.2, -0.15) is 0 Å². The highest BCUT2D eigenvalue weighted by molar-refractivity contribution is 6.29. The molecule has 0 aromatic heterocycles. The summed E-state index contributed by atoms with van der Waals surface area (Å²) in [4.78, 5) is 11.1. The maximum atomic E-state index is 12.7. The number of carbonyl (C=O) groups is 1. The summed E-state index contributed by atoms with van der Waals surface area (Å²) < 4.78 is 18.2. The summed E-state index contributed by atoms with van der Waals surface area (Å²) in [5, 5.41) is 2.61. The second kappa shape index (κ2) is 6.20. The molecule has 0 radical (unpaired) electrons. The van der Waals surface area contributed by atoms with E-state index in [4.69, 9.17) is 16.3 Å². The molecule has 0 unspecified atom stereocenters. The van der Waals surface area contributed by atoms with Crippen molar-refractivity contribution in [3.8, 4) is 11.5 Å². The molecule has 3 nitrogen and oxygen atoms in total. The first-order valence-electron chi connectivity index (χ1n) is 5.56. The summed E-state index contributed by atoms with van der Waals surface area (Å²) in [6.45, 7) is 0. The summed E-state index contributed by atoms with van der Waals surface area (Å²) in [5.41, 5.74) is 0.636. The van der Waals surface area contributed by atoms with Crippen molar-refractivity contribution < 1.29 is 13.9 Å². The first kappa shape index (κ1) is 13.4. The van der Waals surface area contributed by atoms with E-state index >= 15 is 0 Å². The monoisotopic (exact) mass is 279 g/mol. The lowest BCUT2D eigenvalue weighted by Crippen LogP contribution is -2.12. The summed E-state index contributed by atoms with van der Waals surface area (Å²) >= 11 is 5.39. The zero-order valence-corrected chi connectivity index (χ0v) is 10.7. The maximum Gasteiger partial charge on any atom is 0.239 e. The third kappa shape index (κ3) is 3.96. The molecule has 0 heterocycles. The average Bonchev–Trinajstić information content (AvgIpc) is 2.43. The van der Waals surface area contributed by atoms with Gasteiger partial charge >= 0.3 is 0 Å². The standard InChI is InChI=1S/C14H11ClFNO2/c15-9-14(18)17-11-3-7-13(8-4-11)19-12-5-1-10(16)2-6-12/h1-8H,9H2,(H,17,18). The van der Waals surface area contributed by atoms with Crippen LogP contribution in [0.2, 0.25) is 0 Å². The minimum absolute atomic E-state index is 0.0895. The van der Waals surface area contributed by atoms with E-state index in [0.29, 0.717) is 17.2 Å². The van der Waals surface area contributed by atoms with E-state index in [9.17, 15) is 9.18 Å². The minimum atomic E-state index is -0.313. The van der Waals surface area contributed by atoms with E-state index in [1.165, 1.54) is 12.1 Å². The Kier molecular flexibility index (Phi) is 4.36. The van der Waals surface area contributed by atoms with Crippen molar-refractivity contribution in [2.45, 2.75) is 0 Å². The van der Waals surface area contributed by atoms with Gasteiger partial charge in [-0.1, -0.05) is 0 Å². The summed E-state index contributed by atoms with van der Waals surface area (Å²) in [7, 11) is 0. The number of alkyl halides is 1. The molecule has 0 atom stereocenters. The van der Waals surface area contributed by atoms with Crippen LogP contribution < -0.4 is 10.1 Å². The lowest BCUT2D eigenvalue weighted by atomic mass is 10.3. The van der Waals surface area contributed by atoms with Gasteiger partial charge in [0.1, 0.15) is 23.2 Å². The fraction of sp³-hybridized carbons (Fsp3) is 0.0714. The summed E-state index contributed by atoms with van der Waals surface area (Å²) in [6, 6.07) is 12.5. The number of halogens is 2. The van der Waals surface area contributed by atoms with Crippen molar-refractivity contribution >= 4 is 23.2 Å². The molecule has 0 fully saturated rings. The van der Waals surface area contributed by atoms with Crippen LogP contribution in [0.15, 0.2) is 48.5 Å². The van der Waals surface area contributed by atoms with Crippen LogP contribution in [-0.2, 0) is 4.79 Å². The lowest BCUT2D eigenvalue weighted by molar-refractivity contribution is -0.113. The fourth-order valence-corrected chi connectivity index (χ4v) is 1.51. The Labute approximate surface area is 115 Å². The second-order valence-electron chi connectivity index (χ2n) is 3.76. The van der Waals surface area contributed by atoms with Crippen LogP contribution >= 0.6 is 11.6 Å². The van der Waals surface area contributed by atoms with Gasteiger partial charge in [0.2, 0.25) is 5.91 Å². The minimum Gasteiger partial charge on any atom is -0.457 e. The van der Waals surface area contributed by atoms with Crippen molar-refractivity contribution in [2.75, 3.05) is 11.2 Å². The van der Waals surface area contributed by atoms with Crippen molar-refractivity contribution in [3.63, 3.8) is 0 Å². The van der Waals surface area contributed by atoms with E-state index < -0.39 is 0 Å². The molecule has 19 heavy (non-hydrogen) atoms. The van der Waals surface area contributed by atoms with Crippen molar-refractivity contribution in [1.82, 2.24) is 0 Å². The number of ether oxygens (including phenoxy) is 1. The van der Waals surface area contributed by atoms with Crippen LogP contribution in [0.5, 0.6) is 11.5 Å². The number of hydrogen-bond donors (Lipinski definition) is 1. The molecule has 5 heteroatoms. The van der Waals surface area contributed by atoms with Gasteiger partial charge in [-0.3, -0.25) is 4.79 Å². The first-order chi connectivity index (χ1) is 9.17. The molecule has 0 aliphatic carbocycles. The Hall–Kier alpha value is -2.07. The SMILES string of the molecule is O=C(CCl)Nc1ccc(Oc2ccc(F)cc2)cc1. The molecule has 1 amide bonds. The molecule has 1 N–H and O–H groups in total. The van der Waals surface area contributed by atoms with Gasteiger partial charge in [-0.25, -0.2) is 4.39 Å². The third-order valence-electron chi connectivity index (χ3n) is 2.31. The Balaban J connectivity index is 2.02. The number of nitrogens with one attached hydrogen (secondary N) is 1. The molecule has 0 spiro atoms. The van der Waals surface area contributed by atoms with Gasteiger partial charge in [-0.15, -0.1) is 11.6 Å². The Morgan fingerprint density at radius 1 is 1.05 bits per heavy atom. The number of hydrogen-bond acceptors (Lipinski definition) is 2. The van der Waals surface area contributed by atoms with Crippen LogP contribution in [0.3, 0.4) is 0 Å². The predicted octanol–water partition coefficient (Wildman–Crippen LogP) is 3.80. The number of rotatable bonds is 4. The van der Waals surface area contributed by atoms with Gasteiger partial charge in [0.05, 0.1) is 0 Å². The molecule has 2 aromatic rings. The third-order valence-corrected chi connectivity index (χ3v) is 2.55. The highest BCUT2D eigenvalue weighted by Crippen LogP contribution is 2.23. The number of carbonyl (C=O) groups excluding carboxylic acids is 1. The zero-order chi connectivity index (χ0) is 13.7. The van der Waals surface area contributed by atoms with Gasteiger partial charge in [0.15, 0.2) is 0 Å². The summed E-state index contributed by atoms with van der Waals surface area (Å²) in [6.07, 6.45) is 0. The summed E-state index contributed by atoms with van der Waals surface area (Å²) in [5.74, 6) is 0.461. The molecular formula is C14H11ClFNO2. The van der Waals surface area contributed by atoms with E-state index in [1.54, 1.807) is 36.4 Å². The molecular weight excluding hydrogens is 269 g/mol. The average molecular weight is 280 g/mol. The normalized spacial score (nSPS) is 10.0. The highest BCUT2D eigenvalue weighted by Gasteiger charge is 2.01. The van der Waals surface area contributed by atoms with Crippen LogP contribution in [0.4, 0.5) is 10.1 Å². The Morgan fingerprint density at radius 3 is 2.11 bits per heavy atom. The molecule has 0 saturated heterocycles. The van der Waals surface area contributed by atoms with Crippen LogP contribution in [-0.4, -0.2) is 11.8 Å². The van der Waals surface area contributed by atoms with Crippen molar-refractivity contribution in [3.05, 3.63) is 54.3 Å². The van der Waals surface area contributed by atoms with E-state index in [0.717, 1.165) is 0 Å². The van der Waals surface area contributed by atoms with E-state index in [2.05, 4.69) is 5.32 Å². The van der Waals surface area contributed by atoms with E-state index in [-0.39, 0.29) is 17.6 Å². The van der Waals surface area contributed by atoms with Crippen LogP contribution in [0, 0.1) is 5.82 Å².